The van der Waals surface area contributed by atoms with Gasteiger partial charge in [0.25, 0.3) is 0 Å². The Labute approximate surface area is 119 Å². The van der Waals surface area contributed by atoms with Gasteiger partial charge in [0.15, 0.2) is 5.82 Å². The molecule has 0 aliphatic rings. The second-order valence-electron chi connectivity index (χ2n) is 4.19. The van der Waals surface area contributed by atoms with Crippen molar-refractivity contribution in [2.24, 2.45) is 7.05 Å². The summed E-state index contributed by atoms with van der Waals surface area (Å²) in [6, 6.07) is 4.91. The monoisotopic (exact) mass is 301 g/mol. The fourth-order valence-corrected chi connectivity index (χ4v) is 2.63. The minimum absolute atomic E-state index is 0.397. The molecule has 0 unspecified atom stereocenters. The predicted molar refractivity (Wildman–Crippen MR) is 74.5 cm³/mol. The van der Waals surface area contributed by atoms with Crippen LogP contribution in [0.4, 0.5) is 19.0 Å². The second kappa shape index (κ2) is 5.40. The number of nitrogen functional groups attached to an aromatic ring is 1. The van der Waals surface area contributed by atoms with E-state index in [1.54, 1.807) is 23.4 Å². The molecule has 0 spiro atoms. The summed E-state index contributed by atoms with van der Waals surface area (Å²) in [6.07, 6.45) is -4.33. The van der Waals surface area contributed by atoms with Crippen molar-refractivity contribution in [3.8, 4) is 11.4 Å². The number of thioether (sulfide) groups is 1. The van der Waals surface area contributed by atoms with E-state index in [1.807, 2.05) is 6.92 Å². The van der Waals surface area contributed by atoms with Gasteiger partial charge >= 0.3 is 6.18 Å². The van der Waals surface area contributed by atoms with Crippen LogP contribution in [0.1, 0.15) is 12.5 Å². The van der Waals surface area contributed by atoms with Crippen LogP contribution in [0.25, 0.3) is 11.4 Å². The number of aromatic nitrogens is 2. The van der Waals surface area contributed by atoms with E-state index in [1.165, 1.54) is 12.1 Å². The van der Waals surface area contributed by atoms with Gasteiger partial charge in [0.05, 0.1) is 5.56 Å². The number of halogens is 3. The van der Waals surface area contributed by atoms with Crippen LogP contribution in [0, 0.1) is 0 Å². The van der Waals surface area contributed by atoms with Gasteiger partial charge in [0.2, 0.25) is 0 Å². The summed E-state index contributed by atoms with van der Waals surface area (Å²) in [5, 5.41) is 0.822. The molecule has 0 radical (unpaired) electrons. The number of rotatable bonds is 3. The molecule has 0 atom stereocenters. The maximum Gasteiger partial charge on any atom is 0.416 e. The Kier molecular flexibility index (Phi) is 3.99. The van der Waals surface area contributed by atoms with Crippen LogP contribution >= 0.6 is 11.8 Å². The fraction of sp³-hybridized carbons (Fsp3) is 0.308. The molecule has 2 rings (SSSR count). The van der Waals surface area contributed by atoms with Crippen molar-refractivity contribution in [1.29, 1.82) is 0 Å². The molecule has 0 bridgehead atoms. The summed E-state index contributed by atoms with van der Waals surface area (Å²) in [6.45, 7) is 1.99. The Balaban J connectivity index is 2.40. The van der Waals surface area contributed by atoms with Gasteiger partial charge in [-0.2, -0.15) is 13.2 Å². The van der Waals surface area contributed by atoms with Crippen molar-refractivity contribution in [2.45, 2.75) is 18.1 Å². The summed E-state index contributed by atoms with van der Waals surface area (Å²) >= 11 is 1.55. The van der Waals surface area contributed by atoms with Crippen molar-refractivity contribution in [1.82, 2.24) is 9.55 Å². The molecule has 7 heteroatoms. The Morgan fingerprint density at radius 3 is 2.35 bits per heavy atom. The van der Waals surface area contributed by atoms with E-state index in [2.05, 4.69) is 4.98 Å². The lowest BCUT2D eigenvalue weighted by atomic mass is 10.1. The Morgan fingerprint density at radius 2 is 1.85 bits per heavy atom. The van der Waals surface area contributed by atoms with Crippen LogP contribution in [0.5, 0.6) is 0 Å². The van der Waals surface area contributed by atoms with Gasteiger partial charge in [0.1, 0.15) is 10.9 Å². The van der Waals surface area contributed by atoms with E-state index in [-0.39, 0.29) is 0 Å². The second-order valence-corrected chi connectivity index (χ2v) is 5.45. The molecule has 2 aromatic rings. The van der Waals surface area contributed by atoms with Crippen LogP contribution in [-0.4, -0.2) is 15.3 Å². The molecule has 20 heavy (non-hydrogen) atoms. The standard InChI is InChI=1S/C13H14F3N3S/c1-3-20-12-10(17)18-11(19(12)2)8-4-6-9(7-5-8)13(14,15)16/h4-7H,3,17H2,1-2H3. The van der Waals surface area contributed by atoms with Gasteiger partial charge in [-0.15, -0.1) is 11.8 Å². The first-order chi connectivity index (χ1) is 9.34. The molecule has 0 aliphatic heterocycles. The molecule has 2 N–H and O–H groups in total. The highest BCUT2D eigenvalue weighted by molar-refractivity contribution is 7.99. The lowest BCUT2D eigenvalue weighted by molar-refractivity contribution is -0.137. The maximum absolute atomic E-state index is 12.5. The van der Waals surface area contributed by atoms with E-state index in [0.29, 0.717) is 17.2 Å². The maximum atomic E-state index is 12.5. The first-order valence-corrected chi connectivity index (χ1v) is 6.95. The molecule has 1 heterocycles. The minimum Gasteiger partial charge on any atom is -0.381 e. The quantitative estimate of drug-likeness (QED) is 0.877. The molecule has 108 valence electrons. The van der Waals surface area contributed by atoms with Crippen molar-refractivity contribution in [3.63, 3.8) is 0 Å². The summed E-state index contributed by atoms with van der Waals surface area (Å²) in [5.74, 6) is 1.80. The molecule has 1 aromatic carbocycles. The number of benzene rings is 1. The van der Waals surface area contributed by atoms with E-state index in [0.717, 1.165) is 22.9 Å². The number of hydrogen-bond acceptors (Lipinski definition) is 3. The van der Waals surface area contributed by atoms with Crippen molar-refractivity contribution in [2.75, 3.05) is 11.5 Å². The highest BCUT2D eigenvalue weighted by Crippen LogP contribution is 2.33. The van der Waals surface area contributed by atoms with Gasteiger partial charge in [-0.1, -0.05) is 19.1 Å². The van der Waals surface area contributed by atoms with Crippen molar-refractivity contribution < 1.29 is 13.2 Å². The van der Waals surface area contributed by atoms with E-state index in [4.69, 9.17) is 5.73 Å². The van der Waals surface area contributed by atoms with E-state index >= 15 is 0 Å². The van der Waals surface area contributed by atoms with E-state index < -0.39 is 11.7 Å². The van der Waals surface area contributed by atoms with Crippen molar-refractivity contribution >= 4 is 17.6 Å². The van der Waals surface area contributed by atoms with Crippen LogP contribution in [-0.2, 0) is 13.2 Å². The van der Waals surface area contributed by atoms with Crippen LogP contribution < -0.4 is 5.73 Å². The molecular formula is C13H14F3N3S. The van der Waals surface area contributed by atoms with Crippen LogP contribution in [0.3, 0.4) is 0 Å². The molecule has 1 aromatic heterocycles. The number of alkyl halides is 3. The van der Waals surface area contributed by atoms with Gasteiger partial charge < -0.3 is 10.3 Å². The topological polar surface area (TPSA) is 43.8 Å². The zero-order valence-corrected chi connectivity index (χ0v) is 11.8. The Hall–Kier alpha value is -1.63. The minimum atomic E-state index is -4.33. The number of hydrogen-bond donors (Lipinski definition) is 1. The van der Waals surface area contributed by atoms with Crippen LogP contribution in [0.15, 0.2) is 29.3 Å². The molecule has 0 fully saturated rings. The van der Waals surface area contributed by atoms with Gasteiger partial charge in [-0.3, -0.25) is 0 Å². The average molecular weight is 301 g/mol. The zero-order valence-electron chi connectivity index (χ0n) is 11.0. The number of nitrogens with zero attached hydrogens (tertiary/aromatic N) is 2. The molecule has 0 saturated heterocycles. The van der Waals surface area contributed by atoms with Gasteiger partial charge in [0, 0.05) is 12.6 Å². The first-order valence-electron chi connectivity index (χ1n) is 5.97. The Bertz CT molecular complexity index is 603. The van der Waals surface area contributed by atoms with Gasteiger partial charge in [-0.05, 0) is 17.9 Å². The predicted octanol–water partition coefficient (Wildman–Crippen LogP) is 3.80. The van der Waals surface area contributed by atoms with E-state index in [9.17, 15) is 13.2 Å². The van der Waals surface area contributed by atoms with Crippen LogP contribution in [0.2, 0.25) is 0 Å². The average Bonchev–Trinajstić information content (AvgIpc) is 2.66. The first kappa shape index (κ1) is 14.8. The summed E-state index contributed by atoms with van der Waals surface area (Å²) in [4.78, 5) is 4.23. The largest absolute Gasteiger partial charge is 0.416 e. The lowest BCUT2D eigenvalue weighted by Gasteiger charge is -2.08. The Morgan fingerprint density at radius 1 is 1.25 bits per heavy atom. The smallest absolute Gasteiger partial charge is 0.381 e. The van der Waals surface area contributed by atoms with Crippen molar-refractivity contribution in [3.05, 3.63) is 29.8 Å². The summed E-state index contributed by atoms with van der Waals surface area (Å²) < 4.78 is 39.4. The third kappa shape index (κ3) is 2.77. The van der Waals surface area contributed by atoms with Gasteiger partial charge in [-0.25, -0.2) is 4.98 Å². The molecular weight excluding hydrogens is 287 g/mol. The molecule has 0 saturated carbocycles. The lowest BCUT2D eigenvalue weighted by Crippen LogP contribution is -2.04. The highest BCUT2D eigenvalue weighted by atomic mass is 32.2. The third-order valence-corrected chi connectivity index (χ3v) is 3.86. The third-order valence-electron chi connectivity index (χ3n) is 2.82. The number of imidazole rings is 1. The fourth-order valence-electron chi connectivity index (χ4n) is 1.88. The molecule has 0 amide bonds. The number of nitrogens with two attached hydrogens (primary N) is 1. The molecule has 0 aliphatic carbocycles. The SMILES string of the molecule is CCSc1c(N)nc(-c2ccc(C(F)(F)F)cc2)n1C. The normalized spacial score (nSPS) is 11.8. The summed E-state index contributed by atoms with van der Waals surface area (Å²) in [5.41, 5.74) is 5.76. The zero-order chi connectivity index (χ0) is 14.9. The summed E-state index contributed by atoms with van der Waals surface area (Å²) in [7, 11) is 1.80. The molecule has 3 nitrogen and oxygen atoms in total. The highest BCUT2D eigenvalue weighted by Gasteiger charge is 2.30. The number of anilines is 1.